The van der Waals surface area contributed by atoms with Crippen LogP contribution in [0.2, 0.25) is 5.15 Å². The lowest BCUT2D eigenvalue weighted by atomic mass is 10.0. The smallest absolute Gasteiger partial charge is 0.269 e. The number of nitrogens with zero attached hydrogens (tertiary/aromatic N) is 2. The average Bonchev–Trinajstić information content (AvgIpc) is 2.92. The Bertz CT molecular complexity index is 831. The molecule has 106 valence electrons. The van der Waals surface area contributed by atoms with E-state index < -0.39 is 11.0 Å². The highest BCUT2D eigenvalue weighted by molar-refractivity contribution is 6.33. The van der Waals surface area contributed by atoms with Crippen LogP contribution in [0.5, 0.6) is 0 Å². The molecule has 0 spiro atoms. The van der Waals surface area contributed by atoms with Crippen LogP contribution in [0.4, 0.5) is 5.69 Å². The first-order chi connectivity index (χ1) is 10.1. The number of rotatable bonds is 3. The van der Waals surface area contributed by atoms with Crippen molar-refractivity contribution in [2.75, 3.05) is 0 Å². The topological polar surface area (TPSA) is 92.0 Å². The molecule has 2 aromatic heterocycles. The van der Waals surface area contributed by atoms with Gasteiger partial charge in [0.2, 0.25) is 0 Å². The van der Waals surface area contributed by atoms with Crippen LogP contribution in [0.15, 0.2) is 42.7 Å². The number of halogens is 1. The minimum atomic E-state index is -0.989. The van der Waals surface area contributed by atoms with E-state index in [9.17, 15) is 15.2 Å². The van der Waals surface area contributed by atoms with Crippen LogP contribution in [0, 0.1) is 10.1 Å². The lowest BCUT2D eigenvalue weighted by molar-refractivity contribution is -0.385. The predicted molar refractivity (Wildman–Crippen MR) is 78.3 cm³/mol. The van der Waals surface area contributed by atoms with Crippen LogP contribution in [0.1, 0.15) is 17.2 Å². The molecule has 0 aliphatic rings. The summed E-state index contributed by atoms with van der Waals surface area (Å²) in [5.41, 5.74) is 1.59. The number of pyridine rings is 1. The maximum atomic E-state index is 10.8. The van der Waals surface area contributed by atoms with Crippen LogP contribution < -0.4 is 0 Å². The Morgan fingerprint density at radius 2 is 2.19 bits per heavy atom. The van der Waals surface area contributed by atoms with Crippen molar-refractivity contribution in [2.45, 2.75) is 6.10 Å². The number of aliphatic hydroxyl groups is 1. The third-order valence-corrected chi connectivity index (χ3v) is 3.57. The average molecular weight is 304 g/mol. The number of nitro groups is 1. The van der Waals surface area contributed by atoms with E-state index in [0.29, 0.717) is 21.8 Å². The minimum absolute atomic E-state index is 0.0638. The van der Waals surface area contributed by atoms with E-state index in [4.69, 9.17) is 11.6 Å². The van der Waals surface area contributed by atoms with E-state index in [-0.39, 0.29) is 5.69 Å². The molecule has 1 aromatic carbocycles. The maximum absolute atomic E-state index is 10.8. The van der Waals surface area contributed by atoms with Gasteiger partial charge in [0.1, 0.15) is 6.10 Å². The Morgan fingerprint density at radius 1 is 1.38 bits per heavy atom. The fraction of sp³-hybridized carbons (Fsp3) is 0.0714. The van der Waals surface area contributed by atoms with Crippen molar-refractivity contribution in [3.63, 3.8) is 0 Å². The van der Waals surface area contributed by atoms with Crippen LogP contribution in [-0.2, 0) is 0 Å². The van der Waals surface area contributed by atoms with Gasteiger partial charge in [0.25, 0.3) is 5.69 Å². The summed E-state index contributed by atoms with van der Waals surface area (Å²) in [5, 5.41) is 22.3. The van der Waals surface area contributed by atoms with Crippen LogP contribution in [-0.4, -0.2) is 20.0 Å². The van der Waals surface area contributed by atoms with Gasteiger partial charge in [-0.25, -0.2) is 4.98 Å². The first-order valence-electron chi connectivity index (χ1n) is 6.12. The van der Waals surface area contributed by atoms with Gasteiger partial charge in [-0.1, -0.05) is 23.7 Å². The zero-order valence-corrected chi connectivity index (χ0v) is 11.4. The van der Waals surface area contributed by atoms with Gasteiger partial charge in [0.05, 0.1) is 10.4 Å². The number of hydrogen-bond donors (Lipinski definition) is 2. The van der Waals surface area contributed by atoms with E-state index in [1.54, 1.807) is 30.6 Å². The Balaban J connectivity index is 2.08. The van der Waals surface area contributed by atoms with Gasteiger partial charge in [-0.15, -0.1) is 0 Å². The number of aromatic nitrogens is 2. The molecule has 2 heterocycles. The molecule has 1 unspecified atom stereocenters. The lowest BCUT2D eigenvalue weighted by Crippen LogP contribution is -2.00. The molecule has 7 heteroatoms. The summed E-state index contributed by atoms with van der Waals surface area (Å²) in [6.45, 7) is 0. The summed E-state index contributed by atoms with van der Waals surface area (Å²) >= 11 is 5.97. The van der Waals surface area contributed by atoms with Crippen molar-refractivity contribution in [2.24, 2.45) is 0 Å². The van der Waals surface area contributed by atoms with Gasteiger partial charge < -0.3 is 10.1 Å². The Hall–Kier alpha value is -2.44. The Kier molecular flexibility index (Phi) is 3.32. The molecule has 0 saturated carbocycles. The summed E-state index contributed by atoms with van der Waals surface area (Å²) in [4.78, 5) is 17.2. The zero-order chi connectivity index (χ0) is 15.0. The zero-order valence-electron chi connectivity index (χ0n) is 10.7. The van der Waals surface area contributed by atoms with E-state index in [0.717, 1.165) is 5.39 Å². The standard InChI is InChI=1S/C14H10ClN3O3/c15-14-12-10(4-5-16-14)11(7-17-12)13(19)8-2-1-3-9(6-8)18(20)21/h1-7,13,17,19H. The molecule has 0 aliphatic carbocycles. The first kappa shape index (κ1) is 13.5. The molecule has 2 N–H and O–H groups in total. The SMILES string of the molecule is O=[N+]([O-])c1cccc(C(O)c2c[nH]c3c(Cl)nccc23)c1. The summed E-state index contributed by atoms with van der Waals surface area (Å²) in [7, 11) is 0. The van der Waals surface area contributed by atoms with Gasteiger partial charge in [-0.05, 0) is 11.6 Å². The molecule has 0 bridgehead atoms. The largest absolute Gasteiger partial charge is 0.384 e. The summed E-state index contributed by atoms with van der Waals surface area (Å²) in [5.74, 6) is 0. The fourth-order valence-electron chi connectivity index (χ4n) is 2.26. The number of nitrogens with one attached hydrogen (secondary N) is 1. The molecule has 0 radical (unpaired) electrons. The van der Waals surface area contributed by atoms with Crippen molar-refractivity contribution in [3.8, 4) is 0 Å². The molecule has 3 aromatic rings. The molecule has 6 nitrogen and oxygen atoms in total. The van der Waals surface area contributed by atoms with Gasteiger partial charge in [-0.3, -0.25) is 10.1 Å². The predicted octanol–water partition coefficient (Wildman–Crippen LogP) is 3.21. The highest BCUT2D eigenvalue weighted by atomic mass is 35.5. The molecule has 0 saturated heterocycles. The second kappa shape index (κ2) is 5.16. The van der Waals surface area contributed by atoms with E-state index >= 15 is 0 Å². The first-order valence-corrected chi connectivity index (χ1v) is 6.49. The highest BCUT2D eigenvalue weighted by Gasteiger charge is 2.18. The molecule has 0 aliphatic heterocycles. The van der Waals surface area contributed by atoms with Crippen molar-refractivity contribution in [1.82, 2.24) is 9.97 Å². The van der Waals surface area contributed by atoms with Crippen molar-refractivity contribution < 1.29 is 10.0 Å². The van der Waals surface area contributed by atoms with E-state index in [1.165, 1.54) is 12.1 Å². The number of fused-ring (bicyclic) bond motifs is 1. The number of non-ortho nitro benzene ring substituents is 1. The molecular formula is C14H10ClN3O3. The third kappa shape index (κ3) is 2.35. The number of benzene rings is 1. The molecule has 3 rings (SSSR count). The van der Waals surface area contributed by atoms with Gasteiger partial charge in [-0.2, -0.15) is 0 Å². The molecule has 0 fully saturated rings. The van der Waals surface area contributed by atoms with Crippen molar-refractivity contribution in [3.05, 3.63) is 69.1 Å². The number of aromatic amines is 1. The molecule has 1 atom stereocenters. The maximum Gasteiger partial charge on any atom is 0.269 e. The van der Waals surface area contributed by atoms with Crippen molar-refractivity contribution >= 4 is 28.2 Å². The van der Waals surface area contributed by atoms with Crippen LogP contribution in [0.25, 0.3) is 10.9 Å². The minimum Gasteiger partial charge on any atom is -0.384 e. The fourth-order valence-corrected chi connectivity index (χ4v) is 2.47. The number of H-pyrrole nitrogens is 1. The second-order valence-corrected chi connectivity index (χ2v) is 4.88. The normalized spacial score (nSPS) is 12.5. The molecule has 0 amide bonds. The Labute approximate surface area is 124 Å². The summed E-state index contributed by atoms with van der Waals surface area (Å²) in [6.07, 6.45) is 2.18. The summed E-state index contributed by atoms with van der Waals surface area (Å²) in [6, 6.07) is 7.64. The number of nitro benzene ring substituents is 1. The van der Waals surface area contributed by atoms with Crippen molar-refractivity contribution in [1.29, 1.82) is 0 Å². The summed E-state index contributed by atoms with van der Waals surface area (Å²) < 4.78 is 0. The molecule has 21 heavy (non-hydrogen) atoms. The van der Waals surface area contributed by atoms with Crippen LogP contribution in [0.3, 0.4) is 0 Å². The molecular weight excluding hydrogens is 294 g/mol. The van der Waals surface area contributed by atoms with E-state index in [2.05, 4.69) is 9.97 Å². The van der Waals surface area contributed by atoms with Crippen LogP contribution >= 0.6 is 11.6 Å². The number of hydrogen-bond acceptors (Lipinski definition) is 4. The lowest BCUT2D eigenvalue weighted by Gasteiger charge is -2.10. The number of aliphatic hydroxyl groups excluding tert-OH is 1. The highest BCUT2D eigenvalue weighted by Crippen LogP contribution is 2.32. The monoisotopic (exact) mass is 303 g/mol. The third-order valence-electron chi connectivity index (χ3n) is 3.28. The van der Waals surface area contributed by atoms with Gasteiger partial charge in [0, 0.05) is 35.5 Å². The Morgan fingerprint density at radius 3 is 2.95 bits per heavy atom. The van der Waals surface area contributed by atoms with Gasteiger partial charge in [0.15, 0.2) is 5.15 Å². The van der Waals surface area contributed by atoms with E-state index in [1.807, 2.05) is 0 Å². The second-order valence-electron chi connectivity index (χ2n) is 4.52. The van der Waals surface area contributed by atoms with Gasteiger partial charge >= 0.3 is 0 Å². The quantitative estimate of drug-likeness (QED) is 0.441.